The third-order valence-electron chi connectivity index (χ3n) is 6.45. The van der Waals surface area contributed by atoms with Crippen LogP contribution in [0.4, 0.5) is 0 Å². The lowest BCUT2D eigenvalue weighted by Gasteiger charge is -2.41. The smallest absolute Gasteiger partial charge is 0.161 e. The standard InChI is InChI=1S/C24H32N2O4/c1-28-22-8-4-7-21(27)20(22)16-25-10-5-6-19(15-25)26-11-9-17-12-23(29-2)24(30-3)13-18(17)14-26/h4,7-8,12-13,19,27H,5-6,9-11,14-16H2,1-3H3/t19-/m0/s1. The summed E-state index contributed by atoms with van der Waals surface area (Å²) in [6.07, 6.45) is 3.40. The van der Waals surface area contributed by atoms with Gasteiger partial charge in [-0.3, -0.25) is 9.80 Å². The topological polar surface area (TPSA) is 54.4 Å². The molecule has 30 heavy (non-hydrogen) atoms. The molecule has 4 rings (SSSR count). The molecule has 0 bridgehead atoms. The van der Waals surface area contributed by atoms with Gasteiger partial charge in [0, 0.05) is 37.8 Å². The number of phenols is 1. The summed E-state index contributed by atoms with van der Waals surface area (Å²) in [5, 5.41) is 10.3. The molecule has 0 radical (unpaired) electrons. The van der Waals surface area contributed by atoms with Crippen molar-refractivity contribution in [1.82, 2.24) is 9.80 Å². The second-order valence-corrected chi connectivity index (χ2v) is 8.19. The van der Waals surface area contributed by atoms with Crippen molar-refractivity contribution in [3.8, 4) is 23.0 Å². The van der Waals surface area contributed by atoms with Gasteiger partial charge in [0.25, 0.3) is 0 Å². The van der Waals surface area contributed by atoms with Crippen molar-refractivity contribution < 1.29 is 19.3 Å². The minimum Gasteiger partial charge on any atom is -0.507 e. The Morgan fingerprint density at radius 2 is 1.70 bits per heavy atom. The number of benzene rings is 2. The number of hydrogen-bond donors (Lipinski definition) is 1. The lowest BCUT2D eigenvalue weighted by molar-refractivity contribution is 0.0828. The van der Waals surface area contributed by atoms with E-state index in [-0.39, 0.29) is 0 Å². The van der Waals surface area contributed by atoms with Crippen molar-refractivity contribution >= 4 is 0 Å². The molecule has 0 amide bonds. The van der Waals surface area contributed by atoms with Gasteiger partial charge in [0.1, 0.15) is 11.5 Å². The molecule has 0 spiro atoms. The summed E-state index contributed by atoms with van der Waals surface area (Å²) in [5.74, 6) is 2.68. The van der Waals surface area contributed by atoms with Gasteiger partial charge in [-0.15, -0.1) is 0 Å². The second-order valence-electron chi connectivity index (χ2n) is 8.19. The number of methoxy groups -OCH3 is 3. The summed E-state index contributed by atoms with van der Waals surface area (Å²) in [7, 11) is 5.04. The van der Waals surface area contributed by atoms with Gasteiger partial charge in [0.05, 0.1) is 21.3 Å². The van der Waals surface area contributed by atoms with E-state index < -0.39 is 0 Å². The molecule has 2 aliphatic rings. The zero-order chi connectivity index (χ0) is 21.1. The Bertz CT molecular complexity index is 886. The van der Waals surface area contributed by atoms with Gasteiger partial charge in [-0.05, 0) is 61.2 Å². The molecule has 2 heterocycles. The van der Waals surface area contributed by atoms with E-state index in [1.54, 1.807) is 27.4 Å². The fraction of sp³-hybridized carbons (Fsp3) is 0.500. The van der Waals surface area contributed by atoms with E-state index in [1.807, 2.05) is 12.1 Å². The van der Waals surface area contributed by atoms with Crippen LogP contribution >= 0.6 is 0 Å². The van der Waals surface area contributed by atoms with E-state index in [0.29, 0.717) is 18.3 Å². The molecule has 162 valence electrons. The SMILES string of the molecule is COc1cc2c(cc1OC)CN([C@H]1CCCN(Cc3c(O)cccc3OC)C1)CC2. The normalized spacial score (nSPS) is 19.9. The zero-order valence-corrected chi connectivity index (χ0v) is 18.2. The number of nitrogens with zero attached hydrogens (tertiary/aromatic N) is 2. The van der Waals surface area contributed by atoms with Crippen molar-refractivity contribution in [2.45, 2.75) is 38.4 Å². The number of hydrogen-bond acceptors (Lipinski definition) is 6. The average Bonchev–Trinajstić information content (AvgIpc) is 2.79. The van der Waals surface area contributed by atoms with E-state index in [4.69, 9.17) is 14.2 Å². The molecule has 0 aliphatic carbocycles. The van der Waals surface area contributed by atoms with E-state index in [2.05, 4.69) is 21.9 Å². The molecule has 2 aromatic carbocycles. The van der Waals surface area contributed by atoms with Crippen molar-refractivity contribution in [2.75, 3.05) is 41.0 Å². The largest absolute Gasteiger partial charge is 0.507 e. The molecule has 0 saturated carbocycles. The predicted molar refractivity (Wildman–Crippen MR) is 117 cm³/mol. The second kappa shape index (κ2) is 9.14. The Hall–Kier alpha value is -2.44. The van der Waals surface area contributed by atoms with Gasteiger partial charge in [0.15, 0.2) is 11.5 Å². The first-order chi connectivity index (χ1) is 14.6. The lowest BCUT2D eigenvalue weighted by Crippen LogP contribution is -2.49. The van der Waals surface area contributed by atoms with Gasteiger partial charge in [-0.25, -0.2) is 0 Å². The Morgan fingerprint density at radius 1 is 0.967 bits per heavy atom. The van der Waals surface area contributed by atoms with Crippen LogP contribution in [-0.2, 0) is 19.5 Å². The van der Waals surface area contributed by atoms with Crippen LogP contribution in [-0.4, -0.2) is 61.9 Å². The molecule has 1 atom stereocenters. The first-order valence-corrected chi connectivity index (χ1v) is 10.7. The van der Waals surface area contributed by atoms with Gasteiger partial charge in [-0.2, -0.15) is 0 Å². The van der Waals surface area contributed by atoms with Crippen LogP contribution < -0.4 is 14.2 Å². The highest BCUT2D eigenvalue weighted by atomic mass is 16.5. The highest BCUT2D eigenvalue weighted by Gasteiger charge is 2.29. The van der Waals surface area contributed by atoms with E-state index in [1.165, 1.54) is 17.5 Å². The van der Waals surface area contributed by atoms with Gasteiger partial charge < -0.3 is 19.3 Å². The monoisotopic (exact) mass is 412 g/mol. The molecule has 2 aliphatic heterocycles. The molecular formula is C24H32N2O4. The summed E-state index contributed by atoms with van der Waals surface area (Å²) >= 11 is 0. The van der Waals surface area contributed by atoms with E-state index >= 15 is 0 Å². The molecule has 0 unspecified atom stereocenters. The first kappa shape index (κ1) is 20.8. The number of ether oxygens (including phenoxy) is 3. The lowest BCUT2D eigenvalue weighted by atomic mass is 9.95. The maximum atomic E-state index is 10.3. The quantitative estimate of drug-likeness (QED) is 0.785. The van der Waals surface area contributed by atoms with E-state index in [0.717, 1.165) is 61.8 Å². The number of aromatic hydroxyl groups is 1. The minimum absolute atomic E-state index is 0.310. The Labute approximate surface area is 179 Å². The summed E-state index contributed by atoms with van der Waals surface area (Å²) in [6, 6.07) is 10.3. The van der Waals surface area contributed by atoms with Crippen molar-refractivity contribution in [3.05, 3.63) is 47.0 Å². The maximum Gasteiger partial charge on any atom is 0.161 e. The zero-order valence-electron chi connectivity index (χ0n) is 18.2. The molecule has 1 saturated heterocycles. The Balaban J connectivity index is 1.46. The summed E-state index contributed by atoms with van der Waals surface area (Å²) in [5.41, 5.74) is 3.57. The maximum absolute atomic E-state index is 10.3. The molecule has 1 fully saturated rings. The van der Waals surface area contributed by atoms with Crippen molar-refractivity contribution in [1.29, 1.82) is 0 Å². The fourth-order valence-corrected chi connectivity index (χ4v) is 4.82. The van der Waals surface area contributed by atoms with Crippen LogP contribution in [0.1, 0.15) is 29.5 Å². The van der Waals surface area contributed by atoms with Gasteiger partial charge >= 0.3 is 0 Å². The fourth-order valence-electron chi connectivity index (χ4n) is 4.82. The molecule has 0 aromatic heterocycles. The van der Waals surface area contributed by atoms with Gasteiger partial charge in [0.2, 0.25) is 0 Å². The average molecular weight is 413 g/mol. The van der Waals surface area contributed by atoms with Crippen LogP contribution in [0.15, 0.2) is 30.3 Å². The molecular weight excluding hydrogens is 380 g/mol. The minimum atomic E-state index is 0.310. The Morgan fingerprint density at radius 3 is 2.43 bits per heavy atom. The third kappa shape index (κ3) is 4.20. The summed E-state index contributed by atoms with van der Waals surface area (Å²) in [6.45, 7) is 4.75. The van der Waals surface area contributed by atoms with Crippen LogP contribution in [0.2, 0.25) is 0 Å². The van der Waals surface area contributed by atoms with Crippen molar-refractivity contribution in [2.24, 2.45) is 0 Å². The third-order valence-corrected chi connectivity index (χ3v) is 6.45. The molecule has 6 nitrogen and oxygen atoms in total. The van der Waals surface area contributed by atoms with Crippen LogP contribution in [0.5, 0.6) is 23.0 Å². The summed E-state index contributed by atoms with van der Waals surface area (Å²) in [4.78, 5) is 5.04. The van der Waals surface area contributed by atoms with Crippen LogP contribution in [0.3, 0.4) is 0 Å². The number of phenolic OH excluding ortho intramolecular Hbond substituents is 1. The van der Waals surface area contributed by atoms with Crippen molar-refractivity contribution in [3.63, 3.8) is 0 Å². The number of piperidine rings is 1. The summed E-state index contributed by atoms with van der Waals surface area (Å²) < 4.78 is 16.5. The van der Waals surface area contributed by atoms with Crippen LogP contribution in [0, 0.1) is 0 Å². The number of rotatable bonds is 6. The highest BCUT2D eigenvalue weighted by Crippen LogP contribution is 2.35. The predicted octanol–water partition coefficient (Wildman–Crippen LogP) is 3.44. The number of likely N-dealkylation sites (tertiary alicyclic amines) is 1. The van der Waals surface area contributed by atoms with E-state index in [9.17, 15) is 5.11 Å². The first-order valence-electron chi connectivity index (χ1n) is 10.7. The van der Waals surface area contributed by atoms with Gasteiger partial charge in [-0.1, -0.05) is 6.07 Å². The number of fused-ring (bicyclic) bond motifs is 1. The highest BCUT2D eigenvalue weighted by molar-refractivity contribution is 5.48. The Kier molecular flexibility index (Phi) is 6.35. The molecule has 6 heteroatoms. The molecule has 2 aromatic rings. The molecule has 1 N–H and O–H groups in total. The van der Waals surface area contributed by atoms with Crippen LogP contribution in [0.25, 0.3) is 0 Å².